The molecule has 23 heavy (non-hydrogen) atoms. The highest BCUT2D eigenvalue weighted by Crippen LogP contribution is 2.23. The van der Waals surface area contributed by atoms with Crippen LogP contribution in [-0.2, 0) is 4.79 Å². The normalized spacial score (nSPS) is 14.3. The average molecular weight is 330 g/mol. The van der Waals surface area contributed by atoms with Crippen LogP contribution in [0.4, 0.5) is 10.5 Å². The Morgan fingerprint density at radius 3 is 2.70 bits per heavy atom. The molecule has 2 amide bonds. The molecule has 1 N–H and O–H groups in total. The third-order valence-electron chi connectivity index (χ3n) is 3.74. The van der Waals surface area contributed by atoms with E-state index in [-0.39, 0.29) is 17.7 Å². The van der Waals surface area contributed by atoms with Crippen molar-refractivity contribution in [3.8, 4) is 5.69 Å². The van der Waals surface area contributed by atoms with Crippen LogP contribution in [0.15, 0.2) is 30.3 Å². The van der Waals surface area contributed by atoms with E-state index in [1.54, 1.807) is 4.90 Å². The first-order valence-corrected chi connectivity index (χ1v) is 8.38. The average Bonchev–Trinajstić information content (AvgIpc) is 3.06. The molecule has 1 aliphatic rings. The van der Waals surface area contributed by atoms with Crippen molar-refractivity contribution in [1.82, 2.24) is 14.7 Å². The molecular formula is C16H18N4O2S. The number of thioether (sulfide) groups is 1. The lowest BCUT2D eigenvalue weighted by Gasteiger charge is -2.14. The van der Waals surface area contributed by atoms with Crippen molar-refractivity contribution >= 4 is 28.6 Å². The molecule has 120 valence electrons. The van der Waals surface area contributed by atoms with Gasteiger partial charge in [0.2, 0.25) is 5.91 Å². The van der Waals surface area contributed by atoms with Crippen molar-refractivity contribution in [1.29, 1.82) is 0 Å². The number of nitrogens with one attached hydrogen (secondary N) is 1. The highest BCUT2D eigenvalue weighted by atomic mass is 32.2. The van der Waals surface area contributed by atoms with E-state index in [1.165, 1.54) is 11.8 Å². The van der Waals surface area contributed by atoms with Gasteiger partial charge in [-0.25, -0.2) is 4.68 Å². The van der Waals surface area contributed by atoms with Crippen LogP contribution in [-0.4, -0.2) is 44.7 Å². The van der Waals surface area contributed by atoms with Crippen LogP contribution in [0.5, 0.6) is 0 Å². The zero-order chi connectivity index (χ0) is 16.4. The van der Waals surface area contributed by atoms with Crippen LogP contribution < -0.4 is 5.32 Å². The minimum absolute atomic E-state index is 0.0337. The van der Waals surface area contributed by atoms with E-state index in [2.05, 4.69) is 10.4 Å². The lowest BCUT2D eigenvalue weighted by Crippen LogP contribution is -2.33. The summed E-state index contributed by atoms with van der Waals surface area (Å²) >= 11 is 1.25. The van der Waals surface area contributed by atoms with Crippen molar-refractivity contribution < 1.29 is 9.59 Å². The second-order valence-electron chi connectivity index (χ2n) is 5.38. The fourth-order valence-corrected chi connectivity index (χ4v) is 3.39. The molecule has 1 aromatic heterocycles. The number of hydrogen-bond acceptors (Lipinski definition) is 4. The molecule has 1 aliphatic heterocycles. The van der Waals surface area contributed by atoms with Gasteiger partial charge in [0.05, 0.1) is 22.8 Å². The highest BCUT2D eigenvalue weighted by molar-refractivity contribution is 8.13. The van der Waals surface area contributed by atoms with Crippen LogP contribution in [0.2, 0.25) is 0 Å². The fourth-order valence-electron chi connectivity index (χ4n) is 2.57. The molecule has 2 heterocycles. The van der Waals surface area contributed by atoms with Crippen molar-refractivity contribution in [3.05, 3.63) is 41.7 Å². The summed E-state index contributed by atoms with van der Waals surface area (Å²) in [6, 6.07) is 9.76. The van der Waals surface area contributed by atoms with Crippen LogP contribution >= 0.6 is 11.8 Å². The second-order valence-corrected chi connectivity index (χ2v) is 6.42. The molecule has 0 radical (unpaired) electrons. The number of hydrogen-bond donors (Lipinski definition) is 1. The van der Waals surface area contributed by atoms with E-state index in [1.807, 2.05) is 48.9 Å². The van der Waals surface area contributed by atoms with E-state index < -0.39 is 0 Å². The number of nitrogens with zero attached hydrogens (tertiary/aromatic N) is 3. The Balaban J connectivity index is 1.77. The molecule has 0 saturated carbocycles. The number of para-hydroxylation sites is 1. The standard InChI is InChI=1S/C16H18N4O2S/c1-11-15(17-14(21)10-19-8-9-23-16(19)22)12(2)20(18-11)13-6-4-3-5-7-13/h3-7H,8-10H2,1-2H3,(H,17,21). The molecular weight excluding hydrogens is 312 g/mol. The number of rotatable bonds is 4. The number of aryl methyl sites for hydroxylation is 1. The van der Waals surface area contributed by atoms with Gasteiger partial charge in [0.25, 0.3) is 5.24 Å². The molecule has 0 aliphatic carbocycles. The Hall–Kier alpha value is -2.28. The van der Waals surface area contributed by atoms with Gasteiger partial charge in [0, 0.05) is 12.3 Å². The predicted octanol–water partition coefficient (Wildman–Crippen LogP) is 2.60. The van der Waals surface area contributed by atoms with Gasteiger partial charge in [-0.2, -0.15) is 5.10 Å². The summed E-state index contributed by atoms with van der Waals surface area (Å²) < 4.78 is 1.81. The van der Waals surface area contributed by atoms with Crippen LogP contribution in [0.3, 0.4) is 0 Å². The summed E-state index contributed by atoms with van der Waals surface area (Å²) in [5, 5.41) is 7.35. The summed E-state index contributed by atoms with van der Waals surface area (Å²) in [6.45, 7) is 4.48. The topological polar surface area (TPSA) is 67.2 Å². The first-order chi connectivity index (χ1) is 11.1. The zero-order valence-electron chi connectivity index (χ0n) is 13.1. The number of aromatic nitrogens is 2. The maximum Gasteiger partial charge on any atom is 0.282 e. The lowest BCUT2D eigenvalue weighted by atomic mass is 10.3. The molecule has 1 fully saturated rings. The number of benzene rings is 1. The third-order valence-corrected chi connectivity index (χ3v) is 4.63. The maximum absolute atomic E-state index is 12.2. The minimum atomic E-state index is -0.195. The van der Waals surface area contributed by atoms with Gasteiger partial charge in [0.15, 0.2) is 0 Å². The lowest BCUT2D eigenvalue weighted by molar-refractivity contribution is -0.116. The summed E-state index contributed by atoms with van der Waals surface area (Å²) in [7, 11) is 0. The summed E-state index contributed by atoms with van der Waals surface area (Å²) in [4.78, 5) is 25.4. The Kier molecular flexibility index (Phi) is 4.38. The maximum atomic E-state index is 12.2. The second kappa shape index (κ2) is 6.45. The van der Waals surface area contributed by atoms with E-state index in [0.717, 1.165) is 22.8 Å². The van der Waals surface area contributed by atoms with E-state index in [4.69, 9.17) is 0 Å². The van der Waals surface area contributed by atoms with Gasteiger partial charge in [-0.3, -0.25) is 9.59 Å². The Morgan fingerprint density at radius 1 is 1.30 bits per heavy atom. The van der Waals surface area contributed by atoms with Crippen LogP contribution in [0.25, 0.3) is 5.69 Å². The highest BCUT2D eigenvalue weighted by Gasteiger charge is 2.24. The van der Waals surface area contributed by atoms with Gasteiger partial charge in [-0.05, 0) is 26.0 Å². The van der Waals surface area contributed by atoms with Gasteiger partial charge in [-0.15, -0.1) is 0 Å². The number of carbonyl (C=O) groups is 2. The van der Waals surface area contributed by atoms with Gasteiger partial charge >= 0.3 is 0 Å². The van der Waals surface area contributed by atoms with Crippen molar-refractivity contribution in [3.63, 3.8) is 0 Å². The fraction of sp³-hybridized carbons (Fsp3) is 0.312. The summed E-state index contributed by atoms with van der Waals surface area (Å²) in [5.41, 5.74) is 3.27. The Labute approximate surface area is 138 Å². The molecule has 0 unspecified atom stereocenters. The molecule has 1 saturated heterocycles. The van der Waals surface area contributed by atoms with Gasteiger partial charge in [-0.1, -0.05) is 30.0 Å². The molecule has 2 aromatic rings. The SMILES string of the molecule is Cc1nn(-c2ccccc2)c(C)c1NC(=O)CN1CCSC1=O. The molecule has 7 heteroatoms. The minimum Gasteiger partial charge on any atom is -0.323 e. The number of carbonyl (C=O) groups excluding carboxylic acids is 2. The van der Waals surface area contributed by atoms with E-state index in [0.29, 0.717) is 12.2 Å². The third kappa shape index (κ3) is 3.24. The molecule has 1 aromatic carbocycles. The van der Waals surface area contributed by atoms with Gasteiger partial charge < -0.3 is 10.2 Å². The molecule has 0 bridgehead atoms. The number of anilines is 1. The number of amides is 2. The molecule has 0 atom stereocenters. The van der Waals surface area contributed by atoms with E-state index in [9.17, 15) is 9.59 Å². The van der Waals surface area contributed by atoms with Crippen molar-refractivity contribution in [2.75, 3.05) is 24.2 Å². The molecule has 6 nitrogen and oxygen atoms in total. The van der Waals surface area contributed by atoms with Crippen molar-refractivity contribution in [2.45, 2.75) is 13.8 Å². The Bertz CT molecular complexity index is 742. The Morgan fingerprint density at radius 2 is 2.04 bits per heavy atom. The van der Waals surface area contributed by atoms with E-state index >= 15 is 0 Å². The van der Waals surface area contributed by atoms with Crippen molar-refractivity contribution in [2.24, 2.45) is 0 Å². The monoisotopic (exact) mass is 330 g/mol. The summed E-state index contributed by atoms with van der Waals surface area (Å²) in [5.74, 6) is 0.551. The zero-order valence-corrected chi connectivity index (χ0v) is 13.9. The van der Waals surface area contributed by atoms with Crippen LogP contribution in [0.1, 0.15) is 11.4 Å². The van der Waals surface area contributed by atoms with Gasteiger partial charge in [0.1, 0.15) is 6.54 Å². The predicted molar refractivity (Wildman–Crippen MR) is 91.1 cm³/mol. The summed E-state index contributed by atoms with van der Waals surface area (Å²) in [6.07, 6.45) is 0. The molecule has 0 spiro atoms. The first kappa shape index (κ1) is 15.6. The quantitative estimate of drug-likeness (QED) is 0.936. The smallest absolute Gasteiger partial charge is 0.282 e. The first-order valence-electron chi connectivity index (χ1n) is 7.39. The van der Waals surface area contributed by atoms with Crippen LogP contribution in [0, 0.1) is 13.8 Å². The largest absolute Gasteiger partial charge is 0.323 e. The molecule has 3 rings (SSSR count).